The van der Waals surface area contributed by atoms with E-state index in [1.54, 1.807) is 41.9 Å². The van der Waals surface area contributed by atoms with E-state index in [2.05, 4.69) is 15.3 Å². The summed E-state index contributed by atoms with van der Waals surface area (Å²) in [5.74, 6) is -0.792. The van der Waals surface area contributed by atoms with Gasteiger partial charge in [-0.3, -0.25) is 9.59 Å². The normalized spacial score (nSPS) is 11.6. The number of hydrogen-bond donors (Lipinski definition) is 1. The lowest BCUT2D eigenvalue weighted by molar-refractivity contribution is 0.0990. The Morgan fingerprint density at radius 3 is 2.37 bits per heavy atom. The number of carbonyl (C=O) groups excluding carboxylic acids is 1. The average Bonchev–Trinajstić information content (AvgIpc) is 2.93. The molecule has 2 heterocycles. The Kier molecular flexibility index (Phi) is 3.80. The number of azo groups is 1. The highest BCUT2D eigenvalue weighted by Gasteiger charge is 2.17. The number of aryl methyl sites for hydroxylation is 2. The van der Waals surface area contributed by atoms with Gasteiger partial charge < -0.3 is 9.67 Å². The number of nitrogens with zero attached hydrogens (tertiary/aromatic N) is 5. The first-order valence-electron chi connectivity index (χ1n) is 8.17. The van der Waals surface area contributed by atoms with Crippen LogP contribution in [0.1, 0.15) is 10.5 Å². The van der Waals surface area contributed by atoms with Crippen LogP contribution in [0.5, 0.6) is 5.88 Å². The van der Waals surface area contributed by atoms with Crippen LogP contribution in [0.15, 0.2) is 63.6 Å². The third-order valence-corrected chi connectivity index (χ3v) is 4.45. The molecule has 8 heteroatoms. The van der Waals surface area contributed by atoms with Crippen LogP contribution in [0, 0.1) is 0 Å². The Morgan fingerprint density at radius 1 is 1.00 bits per heavy atom. The highest BCUT2D eigenvalue weighted by molar-refractivity contribution is 6.05. The quantitative estimate of drug-likeness (QED) is 0.554. The topological polar surface area (TPSA) is 102 Å². The fourth-order valence-electron chi connectivity index (χ4n) is 3.06. The van der Waals surface area contributed by atoms with Crippen LogP contribution in [-0.2, 0) is 14.1 Å². The van der Waals surface area contributed by atoms with E-state index in [0.29, 0.717) is 16.2 Å². The first-order valence-corrected chi connectivity index (χ1v) is 8.17. The second-order valence-corrected chi connectivity index (χ2v) is 6.08. The van der Waals surface area contributed by atoms with Crippen molar-refractivity contribution in [2.24, 2.45) is 24.3 Å². The Bertz CT molecular complexity index is 1300. The summed E-state index contributed by atoms with van der Waals surface area (Å²) in [5.41, 5.74) is 0.694. The number of para-hydroxylation sites is 1. The third-order valence-electron chi connectivity index (χ3n) is 4.45. The Balaban J connectivity index is 1.83. The number of amides is 1. The summed E-state index contributed by atoms with van der Waals surface area (Å²) in [5, 5.41) is 23.5. The summed E-state index contributed by atoms with van der Waals surface area (Å²) in [6, 6.07) is 14.0. The van der Waals surface area contributed by atoms with Crippen LogP contribution in [0.3, 0.4) is 0 Å². The van der Waals surface area contributed by atoms with Crippen LogP contribution in [0.4, 0.5) is 5.69 Å². The van der Waals surface area contributed by atoms with Crippen LogP contribution >= 0.6 is 0 Å². The van der Waals surface area contributed by atoms with Crippen molar-refractivity contribution in [3.05, 3.63) is 64.6 Å². The minimum atomic E-state index is -0.700. The van der Waals surface area contributed by atoms with Gasteiger partial charge >= 0.3 is 5.91 Å². The number of aromatic hydroxyl groups is 1. The van der Waals surface area contributed by atoms with Crippen molar-refractivity contribution in [1.82, 2.24) is 14.3 Å². The van der Waals surface area contributed by atoms with Gasteiger partial charge in [-0.1, -0.05) is 36.4 Å². The Labute approximate surface area is 153 Å². The van der Waals surface area contributed by atoms with Crippen molar-refractivity contribution in [2.45, 2.75) is 0 Å². The molecule has 0 atom stereocenters. The molecule has 0 aliphatic carbocycles. The molecule has 0 aliphatic heterocycles. The molecule has 0 unspecified atom stereocenters. The van der Waals surface area contributed by atoms with Crippen molar-refractivity contribution < 1.29 is 9.90 Å². The van der Waals surface area contributed by atoms with Gasteiger partial charge in [0.05, 0.1) is 10.9 Å². The SMILES string of the molecule is Cn1nc(C(=O)N=Nc2c(O)n(C)c3ccccc23)c2ccccc2c1=O. The molecule has 0 radical (unpaired) electrons. The molecule has 27 heavy (non-hydrogen) atoms. The molecule has 1 amide bonds. The number of rotatable bonds is 2. The first-order chi connectivity index (χ1) is 13.0. The lowest BCUT2D eigenvalue weighted by Gasteiger charge is -2.04. The molecule has 0 bridgehead atoms. The first kappa shape index (κ1) is 16.6. The van der Waals surface area contributed by atoms with Gasteiger partial charge in [0.2, 0.25) is 5.88 Å². The fraction of sp³-hybridized carbons (Fsp3) is 0.105. The van der Waals surface area contributed by atoms with Gasteiger partial charge in [-0.2, -0.15) is 5.10 Å². The molecule has 0 spiro atoms. The van der Waals surface area contributed by atoms with E-state index in [1.165, 1.54) is 7.05 Å². The van der Waals surface area contributed by atoms with Gasteiger partial charge in [0.1, 0.15) is 0 Å². The summed E-state index contributed by atoms with van der Waals surface area (Å²) in [4.78, 5) is 24.8. The molecule has 0 saturated carbocycles. The van der Waals surface area contributed by atoms with Crippen molar-refractivity contribution in [2.75, 3.05) is 0 Å². The predicted molar refractivity (Wildman–Crippen MR) is 100 cm³/mol. The van der Waals surface area contributed by atoms with E-state index < -0.39 is 5.91 Å². The van der Waals surface area contributed by atoms with Crippen molar-refractivity contribution in [3.8, 4) is 5.88 Å². The zero-order valence-corrected chi connectivity index (χ0v) is 14.6. The highest BCUT2D eigenvalue weighted by Crippen LogP contribution is 2.37. The molecule has 1 N–H and O–H groups in total. The van der Waals surface area contributed by atoms with Crippen molar-refractivity contribution in [1.29, 1.82) is 0 Å². The van der Waals surface area contributed by atoms with Gasteiger partial charge in [0, 0.05) is 24.9 Å². The monoisotopic (exact) mass is 361 g/mol. The zero-order valence-electron chi connectivity index (χ0n) is 14.6. The van der Waals surface area contributed by atoms with Gasteiger partial charge in [-0.05, 0) is 12.1 Å². The van der Waals surface area contributed by atoms with E-state index in [9.17, 15) is 14.7 Å². The molecular formula is C19H15N5O3. The van der Waals surface area contributed by atoms with Crippen LogP contribution in [0.2, 0.25) is 0 Å². The van der Waals surface area contributed by atoms with Crippen LogP contribution in [-0.4, -0.2) is 25.4 Å². The van der Waals surface area contributed by atoms with Gasteiger partial charge in [-0.25, -0.2) is 4.68 Å². The molecule has 4 aromatic rings. The maximum absolute atomic E-state index is 12.6. The zero-order chi connectivity index (χ0) is 19.1. The van der Waals surface area contributed by atoms with E-state index >= 15 is 0 Å². The lowest BCUT2D eigenvalue weighted by Crippen LogP contribution is -2.22. The Hall–Kier alpha value is -3.81. The molecule has 2 aromatic heterocycles. The third kappa shape index (κ3) is 2.58. The number of aromatic nitrogens is 3. The number of hydrogen-bond acceptors (Lipinski definition) is 5. The maximum atomic E-state index is 12.6. The second kappa shape index (κ2) is 6.17. The molecule has 134 valence electrons. The summed E-state index contributed by atoms with van der Waals surface area (Å²) in [6.45, 7) is 0. The van der Waals surface area contributed by atoms with E-state index in [1.807, 2.05) is 18.2 Å². The standard InChI is InChI=1S/C19H15N5O3/c1-23-14-10-6-5-9-13(14)16(19(23)27)20-21-17(25)15-11-7-3-4-8-12(11)18(26)24(2)22-15/h3-10,27H,1-2H3. The summed E-state index contributed by atoms with van der Waals surface area (Å²) in [7, 11) is 3.17. The molecule has 8 nitrogen and oxygen atoms in total. The summed E-state index contributed by atoms with van der Waals surface area (Å²) >= 11 is 0. The predicted octanol–water partition coefficient (Wildman–Crippen LogP) is 3.05. The molecular weight excluding hydrogens is 346 g/mol. The highest BCUT2D eigenvalue weighted by atomic mass is 16.3. The average molecular weight is 361 g/mol. The minimum Gasteiger partial charge on any atom is -0.493 e. The summed E-state index contributed by atoms with van der Waals surface area (Å²) < 4.78 is 2.66. The fourth-order valence-corrected chi connectivity index (χ4v) is 3.06. The van der Waals surface area contributed by atoms with Gasteiger partial charge in [0.25, 0.3) is 5.56 Å². The van der Waals surface area contributed by atoms with E-state index in [4.69, 9.17) is 0 Å². The molecule has 0 fully saturated rings. The number of carbonyl (C=O) groups is 1. The molecule has 0 saturated heterocycles. The largest absolute Gasteiger partial charge is 0.493 e. The number of benzene rings is 2. The molecule has 4 rings (SSSR count). The summed E-state index contributed by atoms with van der Waals surface area (Å²) in [6.07, 6.45) is 0. The van der Waals surface area contributed by atoms with Crippen LogP contribution in [0.25, 0.3) is 21.7 Å². The van der Waals surface area contributed by atoms with Crippen molar-refractivity contribution in [3.63, 3.8) is 0 Å². The van der Waals surface area contributed by atoms with Gasteiger partial charge in [0.15, 0.2) is 11.4 Å². The second-order valence-electron chi connectivity index (χ2n) is 6.08. The van der Waals surface area contributed by atoms with Crippen molar-refractivity contribution >= 4 is 33.3 Å². The maximum Gasteiger partial charge on any atom is 0.316 e. The molecule has 0 aliphatic rings. The Morgan fingerprint density at radius 2 is 1.63 bits per heavy atom. The van der Waals surface area contributed by atoms with E-state index in [0.717, 1.165) is 10.2 Å². The number of fused-ring (bicyclic) bond motifs is 2. The van der Waals surface area contributed by atoms with E-state index in [-0.39, 0.29) is 22.8 Å². The van der Waals surface area contributed by atoms with Crippen LogP contribution < -0.4 is 5.56 Å². The molecule has 2 aromatic carbocycles. The lowest BCUT2D eigenvalue weighted by atomic mass is 10.1. The smallest absolute Gasteiger partial charge is 0.316 e. The minimum absolute atomic E-state index is 0.0242. The van der Waals surface area contributed by atoms with Gasteiger partial charge in [-0.15, -0.1) is 10.2 Å².